The molecule has 1 aromatic carbocycles. The summed E-state index contributed by atoms with van der Waals surface area (Å²) in [5.41, 5.74) is 6.09. The minimum Gasteiger partial charge on any atom is -0.465 e. The second-order valence-electron chi connectivity index (χ2n) is 3.89. The topological polar surface area (TPSA) is 55.6 Å². The Hall–Kier alpha value is -1.92. The van der Waals surface area contributed by atoms with Crippen LogP contribution in [0.25, 0.3) is 0 Å². The summed E-state index contributed by atoms with van der Waals surface area (Å²) >= 11 is 0. The van der Waals surface area contributed by atoms with Crippen LogP contribution in [0.5, 0.6) is 0 Å². The van der Waals surface area contributed by atoms with E-state index in [4.69, 9.17) is 5.73 Å². The van der Waals surface area contributed by atoms with Gasteiger partial charge in [0, 0.05) is 17.9 Å². The lowest BCUT2D eigenvalue weighted by atomic mass is 10.1. The molecule has 106 valence electrons. The fourth-order valence-corrected chi connectivity index (χ4v) is 1.63. The van der Waals surface area contributed by atoms with E-state index >= 15 is 0 Å². The third-order valence-corrected chi connectivity index (χ3v) is 2.56. The number of halogens is 3. The second-order valence-corrected chi connectivity index (χ2v) is 3.89. The van der Waals surface area contributed by atoms with Crippen LogP contribution in [-0.2, 0) is 4.74 Å². The van der Waals surface area contributed by atoms with Crippen LogP contribution in [0.1, 0.15) is 17.3 Å². The van der Waals surface area contributed by atoms with E-state index in [2.05, 4.69) is 4.74 Å². The Labute approximate surface area is 108 Å². The van der Waals surface area contributed by atoms with Gasteiger partial charge in [0.1, 0.15) is 6.54 Å². The first-order valence-electron chi connectivity index (χ1n) is 5.58. The van der Waals surface area contributed by atoms with Gasteiger partial charge in [-0.3, -0.25) is 0 Å². The van der Waals surface area contributed by atoms with Crippen LogP contribution in [0.15, 0.2) is 18.2 Å². The van der Waals surface area contributed by atoms with Gasteiger partial charge in [-0.1, -0.05) is 0 Å². The van der Waals surface area contributed by atoms with Crippen molar-refractivity contribution in [1.29, 1.82) is 0 Å². The zero-order valence-corrected chi connectivity index (χ0v) is 10.6. The molecule has 1 rings (SSSR count). The maximum atomic E-state index is 12.4. The van der Waals surface area contributed by atoms with Crippen molar-refractivity contribution in [3.05, 3.63) is 23.8 Å². The predicted octanol–water partition coefficient (Wildman–Crippen LogP) is 2.44. The third-order valence-electron chi connectivity index (χ3n) is 2.56. The highest BCUT2D eigenvalue weighted by Gasteiger charge is 2.30. The lowest BCUT2D eigenvalue weighted by Gasteiger charge is -2.25. The van der Waals surface area contributed by atoms with Gasteiger partial charge in [0.15, 0.2) is 0 Å². The molecule has 0 aliphatic heterocycles. The van der Waals surface area contributed by atoms with E-state index in [1.807, 2.05) is 0 Å². The lowest BCUT2D eigenvalue weighted by molar-refractivity contribution is -0.119. The number of methoxy groups -OCH3 is 1. The quantitative estimate of drug-likeness (QED) is 0.678. The molecule has 0 aromatic heterocycles. The number of alkyl halides is 3. The van der Waals surface area contributed by atoms with Crippen molar-refractivity contribution < 1.29 is 22.7 Å². The SMILES string of the molecule is CCN(CC(F)(F)F)c1ccc(N)c(C(=O)OC)c1. The zero-order valence-electron chi connectivity index (χ0n) is 10.6. The number of anilines is 2. The highest BCUT2D eigenvalue weighted by Crippen LogP contribution is 2.25. The van der Waals surface area contributed by atoms with Crippen molar-refractivity contribution >= 4 is 17.3 Å². The summed E-state index contributed by atoms with van der Waals surface area (Å²) in [5, 5.41) is 0. The van der Waals surface area contributed by atoms with Crippen molar-refractivity contribution in [3.63, 3.8) is 0 Å². The van der Waals surface area contributed by atoms with Gasteiger partial charge in [0.2, 0.25) is 0 Å². The Morgan fingerprint density at radius 2 is 2.05 bits per heavy atom. The maximum absolute atomic E-state index is 12.4. The molecule has 1 aromatic rings. The van der Waals surface area contributed by atoms with Gasteiger partial charge >= 0.3 is 12.1 Å². The molecule has 0 radical (unpaired) electrons. The molecule has 0 fully saturated rings. The molecule has 4 nitrogen and oxygen atoms in total. The first kappa shape index (κ1) is 15.1. The molecule has 0 amide bonds. The molecule has 2 N–H and O–H groups in total. The van der Waals surface area contributed by atoms with Gasteiger partial charge in [0.05, 0.1) is 12.7 Å². The third kappa shape index (κ3) is 4.04. The summed E-state index contributed by atoms with van der Waals surface area (Å²) in [6, 6.07) is 4.13. The van der Waals surface area contributed by atoms with E-state index in [1.54, 1.807) is 6.92 Å². The molecule has 0 aliphatic carbocycles. The standard InChI is InChI=1S/C12H15F3N2O2/c1-3-17(7-12(13,14)15)8-4-5-10(16)9(6-8)11(18)19-2/h4-6H,3,7,16H2,1-2H3. The number of hydrogen-bond acceptors (Lipinski definition) is 4. The summed E-state index contributed by atoms with van der Waals surface area (Å²) in [6.45, 7) is 0.665. The minimum atomic E-state index is -4.32. The first-order chi connectivity index (χ1) is 8.78. The number of nitrogens with zero attached hydrogens (tertiary/aromatic N) is 1. The molecule has 0 heterocycles. The van der Waals surface area contributed by atoms with Crippen molar-refractivity contribution in [2.75, 3.05) is 30.8 Å². The largest absolute Gasteiger partial charge is 0.465 e. The normalized spacial score (nSPS) is 11.2. The average molecular weight is 276 g/mol. The molecule has 7 heteroatoms. The Morgan fingerprint density at radius 3 is 2.53 bits per heavy atom. The fourth-order valence-electron chi connectivity index (χ4n) is 1.63. The number of nitrogen functional groups attached to an aromatic ring is 1. The molecule has 0 aliphatic rings. The Balaban J connectivity index is 3.09. The zero-order chi connectivity index (χ0) is 14.6. The van der Waals surface area contributed by atoms with Crippen LogP contribution in [0.4, 0.5) is 24.5 Å². The molecule has 0 bridgehead atoms. The van der Waals surface area contributed by atoms with Gasteiger partial charge in [-0.15, -0.1) is 0 Å². The number of esters is 1. The highest BCUT2D eigenvalue weighted by molar-refractivity contribution is 5.96. The summed E-state index contributed by atoms with van der Waals surface area (Å²) < 4.78 is 41.8. The number of hydrogen-bond donors (Lipinski definition) is 1. The maximum Gasteiger partial charge on any atom is 0.405 e. The fraction of sp³-hybridized carbons (Fsp3) is 0.417. The lowest BCUT2D eigenvalue weighted by Crippen LogP contribution is -2.34. The van der Waals surface area contributed by atoms with E-state index in [1.165, 1.54) is 25.3 Å². The van der Waals surface area contributed by atoms with E-state index in [9.17, 15) is 18.0 Å². The van der Waals surface area contributed by atoms with Crippen LogP contribution in [-0.4, -0.2) is 32.3 Å². The Morgan fingerprint density at radius 1 is 1.42 bits per heavy atom. The number of benzene rings is 1. The van der Waals surface area contributed by atoms with Crippen LogP contribution < -0.4 is 10.6 Å². The van der Waals surface area contributed by atoms with Crippen LogP contribution in [0.2, 0.25) is 0 Å². The van der Waals surface area contributed by atoms with Gasteiger partial charge in [-0.05, 0) is 25.1 Å². The first-order valence-corrected chi connectivity index (χ1v) is 5.58. The molecule has 0 saturated carbocycles. The van der Waals surface area contributed by atoms with E-state index in [0.29, 0.717) is 0 Å². The molecule has 0 unspecified atom stereocenters. The summed E-state index contributed by atoms with van der Waals surface area (Å²) in [4.78, 5) is 12.5. The number of carbonyl (C=O) groups excluding carboxylic acids is 1. The highest BCUT2D eigenvalue weighted by atomic mass is 19.4. The molecule has 0 atom stereocenters. The summed E-state index contributed by atoms with van der Waals surface area (Å²) in [7, 11) is 1.18. The monoisotopic (exact) mass is 276 g/mol. The number of rotatable bonds is 4. The second kappa shape index (κ2) is 5.81. The van der Waals surface area contributed by atoms with Gasteiger partial charge in [-0.2, -0.15) is 13.2 Å². The Bertz CT molecular complexity index is 461. The van der Waals surface area contributed by atoms with Crippen molar-refractivity contribution in [2.45, 2.75) is 13.1 Å². The van der Waals surface area contributed by atoms with E-state index in [0.717, 1.165) is 4.90 Å². The number of ether oxygens (including phenoxy) is 1. The Kier molecular flexibility index (Phi) is 4.63. The minimum absolute atomic E-state index is 0.0561. The average Bonchev–Trinajstić information content (AvgIpc) is 2.34. The van der Waals surface area contributed by atoms with Gasteiger partial charge < -0.3 is 15.4 Å². The summed E-state index contributed by atoms with van der Waals surface area (Å²) in [5.74, 6) is -0.678. The van der Waals surface area contributed by atoms with Crippen molar-refractivity contribution in [3.8, 4) is 0 Å². The molecular weight excluding hydrogens is 261 g/mol. The van der Waals surface area contributed by atoms with Gasteiger partial charge in [0.25, 0.3) is 0 Å². The molecule has 0 saturated heterocycles. The van der Waals surface area contributed by atoms with Gasteiger partial charge in [-0.25, -0.2) is 4.79 Å². The molecular formula is C12H15F3N2O2. The smallest absolute Gasteiger partial charge is 0.405 e. The van der Waals surface area contributed by atoms with Crippen LogP contribution >= 0.6 is 0 Å². The summed E-state index contributed by atoms with van der Waals surface area (Å²) in [6.07, 6.45) is -4.32. The molecule has 0 spiro atoms. The van der Waals surface area contributed by atoms with Crippen LogP contribution in [0.3, 0.4) is 0 Å². The van der Waals surface area contributed by atoms with Crippen molar-refractivity contribution in [1.82, 2.24) is 0 Å². The van der Waals surface area contributed by atoms with Crippen molar-refractivity contribution in [2.24, 2.45) is 0 Å². The van der Waals surface area contributed by atoms with E-state index < -0.39 is 18.7 Å². The molecule has 19 heavy (non-hydrogen) atoms. The van der Waals surface area contributed by atoms with E-state index in [-0.39, 0.29) is 23.5 Å². The number of carbonyl (C=O) groups is 1. The predicted molar refractivity (Wildman–Crippen MR) is 66.1 cm³/mol. The number of nitrogens with two attached hydrogens (primary N) is 1. The van der Waals surface area contributed by atoms with Crippen LogP contribution in [0, 0.1) is 0 Å².